The number of hydrogen-bond acceptors (Lipinski definition) is 3. The van der Waals surface area contributed by atoms with Gasteiger partial charge in [0, 0.05) is 32.4 Å². The van der Waals surface area contributed by atoms with E-state index in [9.17, 15) is 9.18 Å². The van der Waals surface area contributed by atoms with Gasteiger partial charge in [0.25, 0.3) is 5.91 Å². The average Bonchev–Trinajstić information content (AvgIpc) is 2.97. The SMILES string of the molecule is Cc1c(C(=O)N2CCN(C)c3ccccc3C2)cnn1-c1ccccc1F. The van der Waals surface area contributed by atoms with Gasteiger partial charge in [-0.05, 0) is 30.7 Å². The summed E-state index contributed by atoms with van der Waals surface area (Å²) < 4.78 is 15.6. The van der Waals surface area contributed by atoms with Crippen LogP contribution in [0.1, 0.15) is 21.6 Å². The Bertz CT molecular complexity index is 997. The van der Waals surface area contributed by atoms with Gasteiger partial charge in [-0.25, -0.2) is 9.07 Å². The quantitative estimate of drug-likeness (QED) is 0.700. The summed E-state index contributed by atoms with van der Waals surface area (Å²) in [6.45, 7) is 3.71. The molecule has 0 spiro atoms. The van der Waals surface area contributed by atoms with Crippen LogP contribution in [0.25, 0.3) is 5.69 Å². The number of benzene rings is 2. The molecule has 1 aromatic heterocycles. The van der Waals surface area contributed by atoms with E-state index in [0.29, 0.717) is 30.0 Å². The third-order valence-electron chi connectivity index (χ3n) is 5.08. The van der Waals surface area contributed by atoms with Crippen molar-refractivity contribution in [3.05, 3.63) is 77.4 Å². The molecule has 27 heavy (non-hydrogen) atoms. The number of para-hydroxylation sites is 2. The van der Waals surface area contributed by atoms with E-state index >= 15 is 0 Å². The fourth-order valence-corrected chi connectivity index (χ4v) is 3.52. The molecule has 0 aliphatic carbocycles. The average molecular weight is 364 g/mol. The number of aromatic nitrogens is 2. The number of fused-ring (bicyclic) bond motifs is 1. The Kier molecular flexibility index (Phi) is 4.39. The lowest BCUT2D eigenvalue weighted by Crippen LogP contribution is -2.34. The van der Waals surface area contributed by atoms with Crippen LogP contribution < -0.4 is 4.90 Å². The lowest BCUT2D eigenvalue weighted by Gasteiger charge is -2.21. The molecule has 5 nitrogen and oxygen atoms in total. The number of amides is 1. The second-order valence-corrected chi connectivity index (χ2v) is 6.78. The Hall–Kier alpha value is -3.15. The number of hydrogen-bond donors (Lipinski definition) is 0. The molecule has 3 aromatic rings. The summed E-state index contributed by atoms with van der Waals surface area (Å²) in [7, 11) is 2.04. The first kappa shape index (κ1) is 17.3. The zero-order valence-electron chi connectivity index (χ0n) is 15.4. The van der Waals surface area contributed by atoms with Gasteiger partial charge in [-0.1, -0.05) is 30.3 Å². The van der Waals surface area contributed by atoms with E-state index in [4.69, 9.17) is 0 Å². The highest BCUT2D eigenvalue weighted by molar-refractivity contribution is 5.95. The number of halogens is 1. The summed E-state index contributed by atoms with van der Waals surface area (Å²) in [6.07, 6.45) is 1.53. The predicted molar refractivity (Wildman–Crippen MR) is 103 cm³/mol. The van der Waals surface area contributed by atoms with Crippen LogP contribution in [-0.2, 0) is 6.54 Å². The van der Waals surface area contributed by atoms with E-state index in [0.717, 1.165) is 17.8 Å². The third kappa shape index (κ3) is 3.07. The molecule has 0 saturated heterocycles. The van der Waals surface area contributed by atoms with Crippen molar-refractivity contribution < 1.29 is 9.18 Å². The molecule has 0 fully saturated rings. The largest absolute Gasteiger partial charge is 0.373 e. The molecule has 2 aromatic carbocycles. The van der Waals surface area contributed by atoms with Crippen LogP contribution in [0.3, 0.4) is 0 Å². The minimum atomic E-state index is -0.368. The van der Waals surface area contributed by atoms with Crippen molar-refractivity contribution in [2.75, 3.05) is 25.0 Å². The van der Waals surface area contributed by atoms with Gasteiger partial charge >= 0.3 is 0 Å². The predicted octanol–water partition coefficient (Wildman–Crippen LogP) is 3.41. The van der Waals surface area contributed by atoms with E-state index in [2.05, 4.69) is 16.1 Å². The number of anilines is 1. The second-order valence-electron chi connectivity index (χ2n) is 6.78. The smallest absolute Gasteiger partial charge is 0.257 e. The Morgan fingerprint density at radius 1 is 1.04 bits per heavy atom. The summed E-state index contributed by atoms with van der Waals surface area (Å²) in [5.41, 5.74) is 3.74. The number of nitrogens with zero attached hydrogens (tertiary/aromatic N) is 4. The fourth-order valence-electron chi connectivity index (χ4n) is 3.52. The first-order chi connectivity index (χ1) is 13.1. The molecule has 1 amide bonds. The molecule has 0 atom stereocenters. The second kappa shape index (κ2) is 6.87. The van der Waals surface area contributed by atoms with E-state index in [1.807, 2.05) is 30.1 Å². The molecule has 0 bridgehead atoms. The summed E-state index contributed by atoms with van der Waals surface area (Å²) in [5, 5.41) is 4.26. The zero-order valence-corrected chi connectivity index (χ0v) is 15.4. The summed E-state index contributed by atoms with van der Waals surface area (Å²) >= 11 is 0. The number of rotatable bonds is 2. The van der Waals surface area contributed by atoms with Crippen molar-refractivity contribution in [1.29, 1.82) is 0 Å². The van der Waals surface area contributed by atoms with Gasteiger partial charge in [-0.15, -0.1) is 0 Å². The van der Waals surface area contributed by atoms with Crippen molar-refractivity contribution in [2.45, 2.75) is 13.5 Å². The molecule has 0 unspecified atom stereocenters. The Morgan fingerprint density at radius 3 is 2.52 bits per heavy atom. The van der Waals surface area contributed by atoms with Crippen LogP contribution in [-0.4, -0.2) is 40.7 Å². The topological polar surface area (TPSA) is 41.4 Å². The van der Waals surface area contributed by atoms with Crippen molar-refractivity contribution in [2.24, 2.45) is 0 Å². The van der Waals surface area contributed by atoms with E-state index in [-0.39, 0.29) is 11.7 Å². The lowest BCUT2D eigenvalue weighted by atomic mass is 10.1. The molecule has 0 saturated carbocycles. The van der Waals surface area contributed by atoms with Crippen LogP contribution in [0.15, 0.2) is 54.7 Å². The van der Waals surface area contributed by atoms with Crippen molar-refractivity contribution in [3.8, 4) is 5.69 Å². The van der Waals surface area contributed by atoms with Gasteiger partial charge in [0.15, 0.2) is 0 Å². The van der Waals surface area contributed by atoms with Gasteiger partial charge in [0.1, 0.15) is 11.5 Å². The van der Waals surface area contributed by atoms with Gasteiger partial charge in [0.2, 0.25) is 0 Å². The fraction of sp³-hybridized carbons (Fsp3) is 0.238. The first-order valence-corrected chi connectivity index (χ1v) is 8.94. The molecule has 1 aliphatic rings. The number of likely N-dealkylation sites (N-methyl/N-ethyl adjacent to an activating group) is 1. The molecule has 0 radical (unpaired) electrons. The van der Waals surface area contributed by atoms with Crippen LogP contribution in [0, 0.1) is 12.7 Å². The Balaban J connectivity index is 1.65. The van der Waals surface area contributed by atoms with Gasteiger partial charge in [-0.2, -0.15) is 5.10 Å². The molecule has 4 rings (SSSR count). The van der Waals surface area contributed by atoms with Crippen LogP contribution in [0.4, 0.5) is 10.1 Å². The van der Waals surface area contributed by atoms with Crippen molar-refractivity contribution in [3.63, 3.8) is 0 Å². The molecular formula is C21H21FN4O. The van der Waals surface area contributed by atoms with E-state index in [1.54, 1.807) is 25.1 Å². The monoisotopic (exact) mass is 364 g/mol. The minimum Gasteiger partial charge on any atom is -0.373 e. The first-order valence-electron chi connectivity index (χ1n) is 8.94. The lowest BCUT2D eigenvalue weighted by molar-refractivity contribution is 0.0751. The van der Waals surface area contributed by atoms with Gasteiger partial charge < -0.3 is 9.80 Å². The van der Waals surface area contributed by atoms with Crippen LogP contribution in [0.5, 0.6) is 0 Å². The van der Waals surface area contributed by atoms with Gasteiger partial charge in [0.05, 0.1) is 17.5 Å². The van der Waals surface area contributed by atoms with Crippen molar-refractivity contribution >= 4 is 11.6 Å². The Labute approximate surface area is 157 Å². The highest BCUT2D eigenvalue weighted by atomic mass is 19.1. The Morgan fingerprint density at radius 2 is 1.74 bits per heavy atom. The summed E-state index contributed by atoms with van der Waals surface area (Å²) in [4.78, 5) is 17.2. The highest BCUT2D eigenvalue weighted by Gasteiger charge is 2.25. The molecular weight excluding hydrogens is 343 g/mol. The molecule has 1 aliphatic heterocycles. The normalized spacial score (nSPS) is 14.0. The van der Waals surface area contributed by atoms with Gasteiger partial charge in [-0.3, -0.25) is 4.79 Å². The van der Waals surface area contributed by atoms with Crippen molar-refractivity contribution in [1.82, 2.24) is 14.7 Å². The maximum atomic E-state index is 14.1. The molecule has 6 heteroatoms. The maximum Gasteiger partial charge on any atom is 0.257 e. The highest BCUT2D eigenvalue weighted by Crippen LogP contribution is 2.25. The molecule has 2 heterocycles. The van der Waals surface area contributed by atoms with Crippen LogP contribution >= 0.6 is 0 Å². The maximum absolute atomic E-state index is 14.1. The number of carbonyl (C=O) groups excluding carboxylic acids is 1. The number of carbonyl (C=O) groups is 1. The summed E-state index contributed by atoms with van der Waals surface area (Å²) in [5.74, 6) is -0.451. The summed E-state index contributed by atoms with van der Waals surface area (Å²) in [6, 6.07) is 14.5. The van der Waals surface area contributed by atoms with E-state index in [1.165, 1.54) is 16.9 Å². The molecule has 138 valence electrons. The van der Waals surface area contributed by atoms with E-state index < -0.39 is 0 Å². The standard InChI is InChI=1S/C21H21FN4O/c1-15-17(13-23-26(15)20-10-6-4-8-18(20)22)21(27)25-12-11-24(2)19-9-5-3-7-16(19)14-25/h3-10,13H,11-12,14H2,1-2H3. The zero-order chi connectivity index (χ0) is 19.0. The van der Waals surface area contributed by atoms with Crippen LogP contribution in [0.2, 0.25) is 0 Å². The third-order valence-corrected chi connectivity index (χ3v) is 5.08. The molecule has 0 N–H and O–H groups in total. The minimum absolute atomic E-state index is 0.0832.